The van der Waals surface area contributed by atoms with Crippen LogP contribution in [0.1, 0.15) is 80.9 Å². The summed E-state index contributed by atoms with van der Waals surface area (Å²) in [5.74, 6) is 7.57. The van der Waals surface area contributed by atoms with Crippen molar-refractivity contribution in [1.29, 1.82) is 0 Å². The summed E-state index contributed by atoms with van der Waals surface area (Å²) in [6.07, 6.45) is 17.4. The molecule has 0 atom stereocenters. The summed E-state index contributed by atoms with van der Waals surface area (Å²) in [6, 6.07) is 7.24. The average molecular weight is 294 g/mol. The molecule has 2 aliphatic rings. The Kier molecular flexibility index (Phi) is 6.00. The minimum Gasteiger partial charge on any atom is -0.103 e. The second-order valence-corrected chi connectivity index (χ2v) is 7.21. The molecular weight excluding hydrogens is 264 g/mol. The lowest BCUT2D eigenvalue weighted by molar-refractivity contribution is 0.416. The first kappa shape index (κ1) is 15.7. The van der Waals surface area contributed by atoms with Crippen molar-refractivity contribution >= 4 is 0 Å². The summed E-state index contributed by atoms with van der Waals surface area (Å²) >= 11 is 0. The van der Waals surface area contributed by atoms with Crippen molar-refractivity contribution in [3.8, 4) is 11.8 Å². The number of fused-ring (bicyclic) bond motifs is 1. The molecule has 0 saturated heterocycles. The molecule has 0 bridgehead atoms. The van der Waals surface area contributed by atoms with Crippen LogP contribution in [0.5, 0.6) is 0 Å². The third kappa shape index (κ3) is 4.64. The maximum atomic E-state index is 3.29. The molecular formula is C22H30. The molecule has 0 heterocycles. The Bertz CT molecular complexity index is 521. The highest BCUT2D eigenvalue weighted by atomic mass is 14.2. The monoisotopic (exact) mass is 294 g/mol. The number of hydrogen-bond donors (Lipinski definition) is 0. The maximum Gasteiger partial charge on any atom is 0.0129 e. The summed E-state index contributed by atoms with van der Waals surface area (Å²) < 4.78 is 0. The van der Waals surface area contributed by atoms with Crippen LogP contribution >= 0.6 is 0 Å². The van der Waals surface area contributed by atoms with Gasteiger partial charge >= 0.3 is 0 Å². The highest BCUT2D eigenvalue weighted by molar-refractivity contribution is 5.34. The molecule has 22 heavy (non-hydrogen) atoms. The van der Waals surface area contributed by atoms with E-state index in [1.165, 1.54) is 57.8 Å². The van der Waals surface area contributed by atoms with Crippen LogP contribution in [0.2, 0.25) is 0 Å². The van der Waals surface area contributed by atoms with E-state index < -0.39 is 0 Å². The first-order chi connectivity index (χ1) is 10.9. The molecule has 0 aromatic heterocycles. The smallest absolute Gasteiger partial charge is 0.0129 e. The van der Waals surface area contributed by atoms with Gasteiger partial charge in [0.2, 0.25) is 0 Å². The highest BCUT2D eigenvalue weighted by Gasteiger charge is 2.12. The topological polar surface area (TPSA) is 0 Å². The van der Waals surface area contributed by atoms with Crippen molar-refractivity contribution in [3.63, 3.8) is 0 Å². The summed E-state index contributed by atoms with van der Waals surface area (Å²) in [5.41, 5.74) is 4.67. The molecule has 118 valence electrons. The summed E-state index contributed by atoms with van der Waals surface area (Å²) in [6.45, 7) is 0. The van der Waals surface area contributed by atoms with Gasteiger partial charge in [-0.2, -0.15) is 0 Å². The molecule has 0 nitrogen and oxygen atoms in total. The zero-order chi connectivity index (χ0) is 15.0. The normalized spacial score (nSPS) is 19.3. The third-order valence-corrected chi connectivity index (χ3v) is 5.49. The first-order valence-electron chi connectivity index (χ1n) is 9.48. The van der Waals surface area contributed by atoms with Crippen LogP contribution in [0, 0.1) is 17.8 Å². The Morgan fingerprint density at radius 2 is 1.59 bits per heavy atom. The van der Waals surface area contributed by atoms with E-state index in [4.69, 9.17) is 0 Å². The Morgan fingerprint density at radius 3 is 2.36 bits per heavy atom. The molecule has 0 N–H and O–H groups in total. The molecule has 0 unspecified atom stereocenters. The van der Waals surface area contributed by atoms with Gasteiger partial charge in [-0.1, -0.05) is 63.1 Å². The second kappa shape index (κ2) is 8.42. The lowest BCUT2D eigenvalue weighted by Crippen LogP contribution is -2.01. The van der Waals surface area contributed by atoms with Gasteiger partial charge in [0, 0.05) is 12.8 Å². The van der Waals surface area contributed by atoms with Gasteiger partial charge in [0.05, 0.1) is 0 Å². The van der Waals surface area contributed by atoms with Crippen molar-refractivity contribution < 1.29 is 0 Å². The zero-order valence-corrected chi connectivity index (χ0v) is 14.0. The molecule has 1 saturated carbocycles. The summed E-state index contributed by atoms with van der Waals surface area (Å²) in [5, 5.41) is 0. The van der Waals surface area contributed by atoms with Gasteiger partial charge in [-0.05, 0) is 48.3 Å². The molecule has 0 radical (unpaired) electrons. The van der Waals surface area contributed by atoms with E-state index in [0.29, 0.717) is 0 Å². The van der Waals surface area contributed by atoms with E-state index in [1.54, 1.807) is 16.7 Å². The zero-order valence-electron chi connectivity index (χ0n) is 14.0. The molecule has 0 amide bonds. The van der Waals surface area contributed by atoms with Gasteiger partial charge in [-0.15, -0.1) is 11.8 Å². The predicted molar refractivity (Wildman–Crippen MR) is 95.0 cm³/mol. The minimum atomic E-state index is 1.02. The van der Waals surface area contributed by atoms with E-state index in [-0.39, 0.29) is 0 Å². The largest absolute Gasteiger partial charge is 0.103 e. The Labute approximate surface area is 136 Å². The van der Waals surface area contributed by atoms with Crippen molar-refractivity contribution in [2.45, 2.75) is 83.5 Å². The number of hydrogen-bond acceptors (Lipinski definition) is 0. The van der Waals surface area contributed by atoms with Gasteiger partial charge < -0.3 is 0 Å². The van der Waals surface area contributed by atoms with Crippen LogP contribution in [-0.2, 0) is 19.3 Å². The maximum absolute atomic E-state index is 3.29. The molecule has 1 fully saturated rings. The van der Waals surface area contributed by atoms with E-state index in [2.05, 4.69) is 30.0 Å². The molecule has 2 aliphatic carbocycles. The van der Waals surface area contributed by atoms with Crippen LogP contribution in [0.4, 0.5) is 0 Å². The van der Waals surface area contributed by atoms with Gasteiger partial charge in [0.15, 0.2) is 0 Å². The number of aryl methyl sites for hydroxylation is 3. The third-order valence-electron chi connectivity index (χ3n) is 5.49. The van der Waals surface area contributed by atoms with E-state index in [1.807, 2.05) is 0 Å². The van der Waals surface area contributed by atoms with Crippen LogP contribution in [-0.4, -0.2) is 0 Å². The SMILES string of the molecule is C1#CCCc2cc(CCCC3CCCCCC3)ccc2CC1. The molecule has 1 aromatic carbocycles. The van der Waals surface area contributed by atoms with E-state index in [0.717, 1.165) is 31.6 Å². The first-order valence-corrected chi connectivity index (χ1v) is 9.48. The van der Waals surface area contributed by atoms with E-state index >= 15 is 0 Å². The molecule has 0 aliphatic heterocycles. The minimum absolute atomic E-state index is 1.02. The molecule has 0 heteroatoms. The number of rotatable bonds is 4. The Balaban J connectivity index is 1.51. The fourth-order valence-electron chi connectivity index (χ4n) is 4.13. The van der Waals surface area contributed by atoms with Gasteiger partial charge in [-0.3, -0.25) is 0 Å². The Hall–Kier alpha value is -1.22. The highest BCUT2D eigenvalue weighted by Crippen LogP contribution is 2.27. The second-order valence-electron chi connectivity index (χ2n) is 7.21. The van der Waals surface area contributed by atoms with Gasteiger partial charge in [0.25, 0.3) is 0 Å². The van der Waals surface area contributed by atoms with Crippen LogP contribution in [0.25, 0.3) is 0 Å². The average Bonchev–Trinajstić information content (AvgIpc) is 2.77. The van der Waals surface area contributed by atoms with Crippen molar-refractivity contribution in [2.75, 3.05) is 0 Å². The standard InChI is InChI=1S/C22H30/c1-2-6-11-19(10-5-1)12-9-13-20-16-17-21-14-7-3-4-8-15-22(21)18-20/h16-19H,1-2,5-15H2. The molecule has 0 spiro atoms. The van der Waals surface area contributed by atoms with Crippen molar-refractivity contribution in [2.24, 2.45) is 5.92 Å². The lowest BCUT2D eigenvalue weighted by Gasteiger charge is -2.15. The molecule has 1 aromatic rings. The van der Waals surface area contributed by atoms with Crippen molar-refractivity contribution in [3.05, 3.63) is 34.9 Å². The lowest BCUT2D eigenvalue weighted by atomic mass is 9.91. The fraction of sp³-hybridized carbons (Fsp3) is 0.636. The van der Waals surface area contributed by atoms with Gasteiger partial charge in [-0.25, -0.2) is 0 Å². The quantitative estimate of drug-likeness (QED) is 0.482. The fourth-order valence-corrected chi connectivity index (χ4v) is 4.13. The van der Waals surface area contributed by atoms with Gasteiger partial charge in [0.1, 0.15) is 0 Å². The molecule has 3 rings (SSSR count). The van der Waals surface area contributed by atoms with Crippen LogP contribution in [0.3, 0.4) is 0 Å². The summed E-state index contributed by atoms with van der Waals surface area (Å²) in [7, 11) is 0. The Morgan fingerprint density at radius 1 is 0.864 bits per heavy atom. The van der Waals surface area contributed by atoms with Crippen molar-refractivity contribution in [1.82, 2.24) is 0 Å². The van der Waals surface area contributed by atoms with E-state index in [9.17, 15) is 0 Å². The predicted octanol–water partition coefficient (Wildman–Crippen LogP) is 5.86. The number of benzene rings is 1. The summed E-state index contributed by atoms with van der Waals surface area (Å²) in [4.78, 5) is 0. The van der Waals surface area contributed by atoms with Crippen LogP contribution in [0.15, 0.2) is 18.2 Å². The van der Waals surface area contributed by atoms with Crippen LogP contribution < -0.4 is 0 Å².